The van der Waals surface area contributed by atoms with Gasteiger partial charge in [-0.1, -0.05) is 12.5 Å². The molecule has 0 radical (unpaired) electrons. The molecule has 0 spiro atoms. The van der Waals surface area contributed by atoms with Crippen molar-refractivity contribution in [2.75, 3.05) is 5.73 Å². The van der Waals surface area contributed by atoms with Gasteiger partial charge in [-0.05, 0) is 25.0 Å². The number of nitrogens with two attached hydrogens (primary N) is 1. The maximum Gasteiger partial charge on any atom is 0.171 e. The van der Waals surface area contributed by atoms with Crippen molar-refractivity contribution in [3.05, 3.63) is 42.1 Å². The molecular formula is C17H17N5O. The number of imidazole rings is 1. The van der Waals surface area contributed by atoms with Gasteiger partial charge in [0.05, 0.1) is 5.69 Å². The first-order valence-corrected chi connectivity index (χ1v) is 8.01. The van der Waals surface area contributed by atoms with Crippen LogP contribution in [0.3, 0.4) is 0 Å². The first-order chi connectivity index (χ1) is 11.3. The van der Waals surface area contributed by atoms with Gasteiger partial charge >= 0.3 is 0 Å². The fraction of sp³-hybridized carbons (Fsp3) is 0.353. The van der Waals surface area contributed by atoms with Gasteiger partial charge in [0.25, 0.3) is 0 Å². The van der Waals surface area contributed by atoms with Crippen molar-refractivity contribution >= 4 is 23.3 Å². The molecule has 0 saturated heterocycles. The van der Waals surface area contributed by atoms with Crippen molar-refractivity contribution in [1.29, 1.82) is 0 Å². The van der Waals surface area contributed by atoms with Crippen molar-refractivity contribution in [3.8, 4) is 0 Å². The summed E-state index contributed by atoms with van der Waals surface area (Å²) in [6, 6.07) is 0.0248. The van der Waals surface area contributed by atoms with Gasteiger partial charge in [-0.3, -0.25) is 4.40 Å². The first kappa shape index (κ1) is 12.9. The second-order valence-electron chi connectivity index (χ2n) is 6.30. The van der Waals surface area contributed by atoms with E-state index in [1.165, 1.54) is 25.7 Å². The second kappa shape index (κ2) is 4.68. The van der Waals surface area contributed by atoms with Crippen molar-refractivity contribution in [1.82, 2.24) is 14.4 Å². The van der Waals surface area contributed by atoms with E-state index in [1.807, 2.05) is 12.3 Å². The zero-order valence-electron chi connectivity index (χ0n) is 12.6. The van der Waals surface area contributed by atoms with Crippen LogP contribution < -0.4 is 5.73 Å². The van der Waals surface area contributed by atoms with Crippen LogP contribution in [0.25, 0.3) is 11.1 Å². The normalized spacial score (nSPS) is 26.0. The Morgan fingerprint density at radius 1 is 1.30 bits per heavy atom. The Balaban J connectivity index is 1.69. The van der Waals surface area contributed by atoms with E-state index in [1.54, 1.807) is 6.20 Å². The molecule has 2 unspecified atom stereocenters. The maximum absolute atomic E-state index is 6.17. The van der Waals surface area contributed by atoms with E-state index in [0.717, 1.165) is 22.6 Å². The molecule has 1 aliphatic heterocycles. The summed E-state index contributed by atoms with van der Waals surface area (Å²) in [7, 11) is 0. The molecule has 3 aliphatic rings. The third-order valence-electron chi connectivity index (χ3n) is 4.96. The van der Waals surface area contributed by atoms with Crippen LogP contribution in [0.5, 0.6) is 0 Å². The number of nitrogens with zero attached hydrogens (tertiary/aromatic N) is 4. The number of rotatable bonds is 2. The minimum absolute atomic E-state index is 0.00852. The topological polar surface area (TPSA) is 77.8 Å². The zero-order valence-corrected chi connectivity index (χ0v) is 12.6. The number of hydrogen-bond donors (Lipinski definition) is 1. The van der Waals surface area contributed by atoms with Gasteiger partial charge < -0.3 is 10.5 Å². The van der Waals surface area contributed by atoms with E-state index in [4.69, 9.17) is 15.5 Å². The van der Waals surface area contributed by atoms with Crippen LogP contribution in [0.1, 0.15) is 36.7 Å². The van der Waals surface area contributed by atoms with Gasteiger partial charge in [0.1, 0.15) is 29.3 Å². The van der Waals surface area contributed by atoms with Crippen LogP contribution in [-0.4, -0.2) is 32.9 Å². The summed E-state index contributed by atoms with van der Waals surface area (Å²) < 4.78 is 7.54. The number of nitrogen functional groups attached to an aromatic ring is 1. The molecule has 6 nitrogen and oxygen atoms in total. The predicted molar refractivity (Wildman–Crippen MR) is 88.3 cm³/mol. The summed E-state index contributed by atoms with van der Waals surface area (Å²) in [6.45, 7) is 0. The van der Waals surface area contributed by atoms with Crippen molar-refractivity contribution < 1.29 is 4.74 Å². The third kappa shape index (κ3) is 1.84. The molecule has 116 valence electrons. The molecule has 1 fully saturated rings. The standard InChI is InChI=1S/C17H17N5O/c18-16-15-14(11-4-5-13-12(8-11)20-9-23-13)21-17(10-2-1-3-10)22(15)7-6-19-16/h4-10,12-13H,1-3H2,(H2,18,19). The predicted octanol–water partition coefficient (Wildman–Crippen LogP) is 2.33. The summed E-state index contributed by atoms with van der Waals surface area (Å²) in [5.41, 5.74) is 9.00. The number of ether oxygens (including phenoxy) is 1. The minimum atomic E-state index is 0.00852. The van der Waals surface area contributed by atoms with Crippen LogP contribution >= 0.6 is 0 Å². The van der Waals surface area contributed by atoms with Crippen molar-refractivity contribution in [2.24, 2.45) is 4.99 Å². The molecule has 2 aromatic rings. The van der Waals surface area contributed by atoms with Gasteiger partial charge in [-0.2, -0.15) is 0 Å². The maximum atomic E-state index is 6.17. The van der Waals surface area contributed by atoms with Crippen LogP contribution in [0.4, 0.5) is 5.82 Å². The molecule has 2 aromatic heterocycles. The van der Waals surface area contributed by atoms with Crippen molar-refractivity contribution in [2.45, 2.75) is 37.3 Å². The highest BCUT2D eigenvalue weighted by Gasteiger charge is 2.30. The molecule has 0 aromatic carbocycles. The average molecular weight is 307 g/mol. The van der Waals surface area contributed by atoms with E-state index in [9.17, 15) is 0 Å². The Kier molecular flexibility index (Phi) is 2.62. The summed E-state index contributed by atoms with van der Waals surface area (Å²) in [4.78, 5) is 13.5. The van der Waals surface area contributed by atoms with Crippen LogP contribution in [0.15, 0.2) is 35.6 Å². The number of hydrogen-bond acceptors (Lipinski definition) is 5. The number of anilines is 1. The largest absolute Gasteiger partial charge is 0.474 e. The molecule has 3 heterocycles. The first-order valence-electron chi connectivity index (χ1n) is 8.01. The smallest absolute Gasteiger partial charge is 0.171 e. The average Bonchev–Trinajstić information content (AvgIpc) is 3.10. The van der Waals surface area contributed by atoms with Crippen LogP contribution in [0, 0.1) is 0 Å². The minimum Gasteiger partial charge on any atom is -0.474 e. The van der Waals surface area contributed by atoms with Gasteiger partial charge in [0.2, 0.25) is 0 Å². The summed E-state index contributed by atoms with van der Waals surface area (Å²) in [5.74, 6) is 2.13. The van der Waals surface area contributed by atoms with E-state index < -0.39 is 0 Å². The van der Waals surface area contributed by atoms with E-state index in [-0.39, 0.29) is 12.1 Å². The molecule has 6 heteroatoms. The molecule has 23 heavy (non-hydrogen) atoms. The fourth-order valence-electron chi connectivity index (χ4n) is 3.48. The molecule has 2 N–H and O–H groups in total. The summed E-state index contributed by atoms with van der Waals surface area (Å²) in [6.07, 6.45) is 15.1. The Bertz CT molecular complexity index is 874. The molecule has 2 atom stereocenters. The lowest BCUT2D eigenvalue weighted by Gasteiger charge is -2.23. The zero-order chi connectivity index (χ0) is 15.4. The lowest BCUT2D eigenvalue weighted by atomic mass is 9.85. The molecule has 5 rings (SSSR count). The summed E-state index contributed by atoms with van der Waals surface area (Å²) >= 11 is 0. The number of fused-ring (bicyclic) bond motifs is 2. The van der Waals surface area contributed by atoms with Gasteiger partial charge in [-0.15, -0.1) is 0 Å². The third-order valence-corrected chi connectivity index (χ3v) is 4.96. The van der Waals surface area contributed by atoms with Crippen LogP contribution in [-0.2, 0) is 4.74 Å². The molecular weight excluding hydrogens is 290 g/mol. The van der Waals surface area contributed by atoms with E-state index >= 15 is 0 Å². The highest BCUT2D eigenvalue weighted by molar-refractivity contribution is 5.88. The monoisotopic (exact) mass is 307 g/mol. The van der Waals surface area contributed by atoms with Crippen LogP contribution in [0.2, 0.25) is 0 Å². The highest BCUT2D eigenvalue weighted by Crippen LogP contribution is 2.39. The second-order valence-corrected chi connectivity index (χ2v) is 6.30. The van der Waals surface area contributed by atoms with Gasteiger partial charge in [0, 0.05) is 23.9 Å². The fourth-order valence-corrected chi connectivity index (χ4v) is 3.48. The molecule has 0 bridgehead atoms. The van der Waals surface area contributed by atoms with Gasteiger partial charge in [0.15, 0.2) is 6.40 Å². The van der Waals surface area contributed by atoms with Gasteiger partial charge in [-0.25, -0.2) is 15.0 Å². The SMILES string of the molecule is Nc1nccn2c(C3CCC3)nc(C3=CC4N=COC4C=C3)c12. The Hall–Kier alpha value is -2.63. The number of allylic oxidation sites excluding steroid dienone is 2. The lowest BCUT2D eigenvalue weighted by Crippen LogP contribution is -2.20. The Morgan fingerprint density at radius 3 is 3.04 bits per heavy atom. The highest BCUT2D eigenvalue weighted by atomic mass is 16.5. The Labute approximate surface area is 133 Å². The quantitative estimate of drug-likeness (QED) is 0.923. The van der Waals surface area contributed by atoms with Crippen molar-refractivity contribution in [3.63, 3.8) is 0 Å². The lowest BCUT2D eigenvalue weighted by molar-refractivity contribution is 0.265. The Morgan fingerprint density at radius 2 is 2.22 bits per heavy atom. The van der Waals surface area contributed by atoms with E-state index in [0.29, 0.717) is 11.7 Å². The molecule has 0 amide bonds. The number of aliphatic imine (C=N–C) groups is 1. The molecule has 2 aliphatic carbocycles. The summed E-state index contributed by atoms with van der Waals surface area (Å²) in [5, 5.41) is 0. The molecule has 1 saturated carbocycles. The number of aromatic nitrogens is 3. The van der Waals surface area contributed by atoms with E-state index in [2.05, 4.69) is 26.5 Å².